The summed E-state index contributed by atoms with van der Waals surface area (Å²) in [6.07, 6.45) is 1.26. The van der Waals surface area contributed by atoms with Crippen LogP contribution >= 0.6 is 0 Å². The van der Waals surface area contributed by atoms with E-state index in [0.29, 0.717) is 5.28 Å². The Kier molecular flexibility index (Phi) is 0.627. The van der Waals surface area contributed by atoms with Crippen LogP contribution in [-0.4, -0.2) is 11.6 Å². The van der Waals surface area contributed by atoms with Gasteiger partial charge in [-0.1, -0.05) is 0 Å². The molecule has 5 nitrogen and oxygen atoms in total. The fourth-order valence-corrected chi connectivity index (χ4v) is 0.194. The summed E-state index contributed by atoms with van der Waals surface area (Å²) >= 11 is 0. The first kappa shape index (κ1) is 3.38. The zero-order valence-corrected chi connectivity index (χ0v) is 2.88. The highest BCUT2D eigenvalue weighted by Gasteiger charge is 1.95. The van der Waals surface area contributed by atoms with E-state index in [0.717, 1.165) is 0 Å². The first-order chi connectivity index (χ1) is 2.89. The highest BCUT2D eigenvalue weighted by atomic mass is 16.6. The van der Waals surface area contributed by atoms with Crippen LogP contribution in [-0.2, 0) is 5.21 Å². The lowest BCUT2D eigenvalue weighted by Gasteiger charge is -1.94. The zero-order valence-electron chi connectivity index (χ0n) is 2.88. The standard InChI is InChI=1S/CH3N4O/c6-5-3-1-2-4-5/h1,4H,(H,2,3). The Bertz CT molecular complexity index is 69.9. The summed E-state index contributed by atoms with van der Waals surface area (Å²) in [4.78, 5) is 0. The van der Waals surface area contributed by atoms with Crippen molar-refractivity contribution in [3.05, 3.63) is 0 Å². The average molecular weight is 87.1 g/mol. The first-order valence-electron chi connectivity index (χ1n) is 1.40. The van der Waals surface area contributed by atoms with Crippen molar-refractivity contribution in [2.45, 2.75) is 0 Å². The Balaban J connectivity index is 2.38. The van der Waals surface area contributed by atoms with Gasteiger partial charge in [0, 0.05) is 0 Å². The summed E-state index contributed by atoms with van der Waals surface area (Å²) in [6.45, 7) is 0. The number of hydrazone groups is 1. The van der Waals surface area contributed by atoms with Crippen molar-refractivity contribution in [3.8, 4) is 0 Å². The third-order valence-corrected chi connectivity index (χ3v) is 0.387. The van der Waals surface area contributed by atoms with E-state index in [1.165, 1.54) is 6.34 Å². The van der Waals surface area contributed by atoms with Crippen LogP contribution < -0.4 is 11.0 Å². The maximum Gasteiger partial charge on any atom is 0.129 e. The minimum Gasteiger partial charge on any atom is -0.289 e. The Morgan fingerprint density at radius 2 is 2.67 bits per heavy atom. The molecule has 0 aliphatic carbocycles. The van der Waals surface area contributed by atoms with Crippen LogP contribution in [0.25, 0.3) is 0 Å². The Morgan fingerprint density at radius 3 is 2.83 bits per heavy atom. The molecule has 0 bridgehead atoms. The number of hydrazine groups is 2. The highest BCUT2D eigenvalue weighted by Crippen LogP contribution is 1.73. The van der Waals surface area contributed by atoms with Gasteiger partial charge in [0.05, 0.1) is 0 Å². The molecule has 0 saturated heterocycles. The van der Waals surface area contributed by atoms with Crippen molar-refractivity contribution >= 4 is 6.34 Å². The molecule has 0 saturated carbocycles. The van der Waals surface area contributed by atoms with Gasteiger partial charge in [0.25, 0.3) is 0 Å². The summed E-state index contributed by atoms with van der Waals surface area (Å²) in [5.41, 5.74) is 4.47. The van der Waals surface area contributed by atoms with E-state index in [4.69, 9.17) is 0 Å². The molecular weight excluding hydrogens is 84.0 g/mol. The molecule has 2 N–H and O–H groups in total. The van der Waals surface area contributed by atoms with Crippen LogP contribution in [0.2, 0.25) is 0 Å². The van der Waals surface area contributed by atoms with Crippen LogP contribution in [0.3, 0.4) is 0 Å². The van der Waals surface area contributed by atoms with Gasteiger partial charge in [-0.3, -0.25) is 5.43 Å². The van der Waals surface area contributed by atoms with Crippen LogP contribution in [0.4, 0.5) is 0 Å². The summed E-state index contributed by atoms with van der Waals surface area (Å²) < 4.78 is 0. The van der Waals surface area contributed by atoms with Crippen molar-refractivity contribution < 1.29 is 5.21 Å². The van der Waals surface area contributed by atoms with Crippen LogP contribution in [0.15, 0.2) is 5.10 Å². The predicted molar refractivity (Wildman–Crippen MR) is 17.3 cm³/mol. The van der Waals surface area contributed by atoms with E-state index in [-0.39, 0.29) is 0 Å². The largest absolute Gasteiger partial charge is 0.289 e. The molecular formula is CH3N4O. The molecule has 1 aliphatic heterocycles. The van der Waals surface area contributed by atoms with Gasteiger partial charge in [-0.25, -0.2) is 0 Å². The Hall–Kier alpha value is -0.810. The van der Waals surface area contributed by atoms with Crippen molar-refractivity contribution in [3.63, 3.8) is 0 Å². The Morgan fingerprint density at radius 1 is 1.83 bits per heavy atom. The molecule has 1 heterocycles. The monoisotopic (exact) mass is 87.0 g/mol. The minimum absolute atomic E-state index is 0.319. The van der Waals surface area contributed by atoms with Crippen molar-refractivity contribution in [2.24, 2.45) is 5.10 Å². The second-order valence-corrected chi connectivity index (χ2v) is 0.774. The maximum absolute atomic E-state index is 9.79. The molecule has 0 aromatic rings. The molecule has 0 spiro atoms. The molecule has 33 valence electrons. The van der Waals surface area contributed by atoms with Gasteiger partial charge in [-0.2, -0.15) is 0 Å². The van der Waals surface area contributed by atoms with E-state index in [9.17, 15) is 5.21 Å². The number of hydrogen-bond acceptors (Lipinski definition) is 4. The fourth-order valence-electron chi connectivity index (χ4n) is 0.194. The lowest BCUT2D eigenvalue weighted by atomic mass is 11.4. The SMILES string of the molecule is [O]N1N=CNN1. The number of rotatable bonds is 0. The van der Waals surface area contributed by atoms with Gasteiger partial charge < -0.3 is 0 Å². The third-order valence-electron chi connectivity index (χ3n) is 0.387. The molecule has 1 aliphatic rings. The van der Waals surface area contributed by atoms with E-state index in [1.807, 2.05) is 0 Å². The summed E-state index contributed by atoms with van der Waals surface area (Å²) in [5.74, 6) is 0. The second-order valence-electron chi connectivity index (χ2n) is 0.774. The molecule has 0 amide bonds. The van der Waals surface area contributed by atoms with Gasteiger partial charge in [0.2, 0.25) is 0 Å². The quantitative estimate of drug-likeness (QED) is 0.382. The highest BCUT2D eigenvalue weighted by molar-refractivity contribution is 5.53. The Labute approximate surface area is 34.1 Å². The van der Waals surface area contributed by atoms with Gasteiger partial charge in [0.1, 0.15) is 6.34 Å². The number of nitrogens with zero attached hydrogens (tertiary/aromatic N) is 2. The van der Waals surface area contributed by atoms with E-state index in [1.54, 1.807) is 0 Å². The van der Waals surface area contributed by atoms with Gasteiger partial charge in [-0.15, -0.1) is 10.6 Å². The van der Waals surface area contributed by atoms with E-state index >= 15 is 0 Å². The van der Waals surface area contributed by atoms with E-state index < -0.39 is 0 Å². The van der Waals surface area contributed by atoms with E-state index in [2.05, 4.69) is 16.1 Å². The molecule has 5 heteroatoms. The predicted octanol–water partition coefficient (Wildman–Crippen LogP) is -1.40. The van der Waals surface area contributed by atoms with Gasteiger partial charge in [-0.05, 0) is 10.5 Å². The van der Waals surface area contributed by atoms with Crippen molar-refractivity contribution in [1.29, 1.82) is 0 Å². The molecule has 0 atom stereocenters. The lowest BCUT2D eigenvalue weighted by Crippen LogP contribution is -2.32. The molecule has 1 radical (unpaired) electrons. The van der Waals surface area contributed by atoms with Crippen molar-refractivity contribution in [2.75, 3.05) is 0 Å². The normalized spacial score (nSPS) is 18.5. The topological polar surface area (TPSA) is 59.6 Å². The molecule has 0 fully saturated rings. The lowest BCUT2D eigenvalue weighted by molar-refractivity contribution is -0.193. The fraction of sp³-hybridized carbons (Fsp3) is 0. The smallest absolute Gasteiger partial charge is 0.129 e. The number of nitrogens with one attached hydrogen (secondary N) is 2. The van der Waals surface area contributed by atoms with Crippen LogP contribution in [0.5, 0.6) is 0 Å². The minimum atomic E-state index is 0.319. The number of hydrogen-bond donors (Lipinski definition) is 2. The summed E-state index contributed by atoms with van der Waals surface area (Å²) in [6, 6.07) is 0. The third kappa shape index (κ3) is 0.399. The molecule has 1 rings (SSSR count). The molecule has 0 unspecified atom stereocenters. The molecule has 6 heavy (non-hydrogen) atoms. The first-order valence-corrected chi connectivity index (χ1v) is 1.40. The van der Waals surface area contributed by atoms with Gasteiger partial charge in [0.15, 0.2) is 0 Å². The maximum atomic E-state index is 9.79. The average Bonchev–Trinajstić information content (AvgIpc) is 1.86. The molecule has 0 aromatic heterocycles. The van der Waals surface area contributed by atoms with Crippen molar-refractivity contribution in [1.82, 2.24) is 16.2 Å². The summed E-state index contributed by atoms with van der Waals surface area (Å²) in [5, 5.41) is 13.3. The van der Waals surface area contributed by atoms with Gasteiger partial charge >= 0.3 is 0 Å². The molecule has 0 aromatic carbocycles. The van der Waals surface area contributed by atoms with Crippen LogP contribution in [0.1, 0.15) is 0 Å². The second kappa shape index (κ2) is 1.11. The zero-order chi connectivity index (χ0) is 4.41. The van der Waals surface area contributed by atoms with Crippen LogP contribution in [0, 0.1) is 0 Å². The summed E-state index contributed by atoms with van der Waals surface area (Å²) in [7, 11) is 0.